The maximum absolute atomic E-state index is 12.1. The molecule has 0 spiro atoms. The highest BCUT2D eigenvalue weighted by atomic mass is 32.1. The number of benzene rings is 2. The number of anilines is 1. The summed E-state index contributed by atoms with van der Waals surface area (Å²) in [4.78, 5) is 24.6. The summed E-state index contributed by atoms with van der Waals surface area (Å²) in [5.41, 5.74) is 9.71. The average Bonchev–Trinajstić information content (AvgIpc) is 3.24. The number of carbonyl (C=O) groups is 2. The number of nitrogens with zero attached hydrogens (tertiary/aromatic N) is 1. The minimum atomic E-state index is -0.453. The van der Waals surface area contributed by atoms with E-state index in [-0.39, 0.29) is 5.91 Å². The molecule has 0 saturated carbocycles. The van der Waals surface area contributed by atoms with E-state index < -0.39 is 5.97 Å². The Morgan fingerprint density at radius 3 is 2.57 bits per heavy atom. The normalized spacial score (nSPS) is 10.6. The SMILES string of the molecule is COc1cc(/C=N/NC(=O)c2ccc(N)cc2)ccc1OC(=O)c1cccs1. The van der Waals surface area contributed by atoms with E-state index in [1.165, 1.54) is 24.7 Å². The van der Waals surface area contributed by atoms with Gasteiger partial charge in [-0.3, -0.25) is 4.79 Å². The summed E-state index contributed by atoms with van der Waals surface area (Å²) >= 11 is 1.30. The first-order chi connectivity index (χ1) is 13.6. The number of methoxy groups -OCH3 is 1. The predicted octanol–water partition coefficient (Wildman–Crippen LogP) is 3.32. The zero-order valence-electron chi connectivity index (χ0n) is 14.9. The highest BCUT2D eigenvalue weighted by Crippen LogP contribution is 2.28. The van der Waals surface area contributed by atoms with Gasteiger partial charge in [0.1, 0.15) is 4.88 Å². The van der Waals surface area contributed by atoms with Gasteiger partial charge in [0.05, 0.1) is 13.3 Å². The third-order valence-electron chi connectivity index (χ3n) is 3.67. The summed E-state index contributed by atoms with van der Waals surface area (Å²) in [6.07, 6.45) is 1.46. The minimum absolute atomic E-state index is 0.295. The van der Waals surface area contributed by atoms with E-state index in [0.717, 1.165) is 0 Å². The smallest absolute Gasteiger partial charge is 0.353 e. The van der Waals surface area contributed by atoms with Gasteiger partial charge in [-0.2, -0.15) is 5.10 Å². The number of nitrogen functional groups attached to an aromatic ring is 1. The number of hydrazone groups is 1. The summed E-state index contributed by atoms with van der Waals surface area (Å²) < 4.78 is 10.6. The lowest BCUT2D eigenvalue weighted by molar-refractivity contribution is 0.0734. The Morgan fingerprint density at radius 2 is 1.89 bits per heavy atom. The van der Waals surface area contributed by atoms with Crippen LogP contribution >= 0.6 is 11.3 Å². The minimum Gasteiger partial charge on any atom is -0.493 e. The van der Waals surface area contributed by atoms with E-state index >= 15 is 0 Å². The van der Waals surface area contributed by atoms with Crippen molar-refractivity contribution >= 4 is 35.1 Å². The van der Waals surface area contributed by atoms with Crippen molar-refractivity contribution in [2.45, 2.75) is 0 Å². The Hall–Kier alpha value is -3.65. The zero-order valence-corrected chi connectivity index (χ0v) is 15.7. The number of rotatable bonds is 6. The molecule has 0 saturated heterocycles. The number of hydrogen-bond acceptors (Lipinski definition) is 7. The van der Waals surface area contributed by atoms with Crippen LogP contribution in [-0.2, 0) is 0 Å². The summed E-state index contributed by atoms with van der Waals surface area (Å²) in [6.45, 7) is 0. The zero-order chi connectivity index (χ0) is 19.9. The molecule has 0 atom stereocenters. The molecular formula is C20H17N3O4S. The number of esters is 1. The highest BCUT2D eigenvalue weighted by Gasteiger charge is 2.13. The van der Waals surface area contributed by atoms with Crippen molar-refractivity contribution in [3.8, 4) is 11.5 Å². The van der Waals surface area contributed by atoms with E-state index in [2.05, 4.69) is 10.5 Å². The van der Waals surface area contributed by atoms with Gasteiger partial charge in [0.2, 0.25) is 0 Å². The second kappa shape index (κ2) is 8.83. The Morgan fingerprint density at radius 1 is 1.11 bits per heavy atom. The van der Waals surface area contributed by atoms with Crippen LogP contribution in [0.1, 0.15) is 25.6 Å². The number of nitrogens with one attached hydrogen (secondary N) is 1. The van der Waals surface area contributed by atoms with Gasteiger partial charge in [-0.05, 0) is 59.5 Å². The first-order valence-electron chi connectivity index (χ1n) is 8.19. The Balaban J connectivity index is 1.66. The summed E-state index contributed by atoms with van der Waals surface area (Å²) in [6, 6.07) is 14.9. The Kier molecular flexibility index (Phi) is 6.03. The van der Waals surface area contributed by atoms with Crippen molar-refractivity contribution in [3.63, 3.8) is 0 Å². The van der Waals surface area contributed by atoms with Crippen LogP contribution < -0.4 is 20.6 Å². The molecule has 1 aromatic heterocycles. The lowest BCUT2D eigenvalue weighted by Gasteiger charge is -2.09. The molecule has 28 heavy (non-hydrogen) atoms. The van der Waals surface area contributed by atoms with Crippen molar-refractivity contribution in [1.82, 2.24) is 5.43 Å². The molecule has 0 aliphatic heterocycles. The molecule has 2 aromatic carbocycles. The van der Waals surface area contributed by atoms with Gasteiger partial charge in [0.25, 0.3) is 5.91 Å². The summed E-state index contributed by atoms with van der Waals surface area (Å²) in [7, 11) is 1.47. The van der Waals surface area contributed by atoms with Crippen molar-refractivity contribution < 1.29 is 19.1 Å². The van der Waals surface area contributed by atoms with Crippen LogP contribution in [-0.4, -0.2) is 25.2 Å². The van der Waals surface area contributed by atoms with Gasteiger partial charge in [-0.15, -0.1) is 11.3 Å². The van der Waals surface area contributed by atoms with Crippen molar-refractivity contribution in [1.29, 1.82) is 0 Å². The maximum Gasteiger partial charge on any atom is 0.353 e. The van der Waals surface area contributed by atoms with Crippen molar-refractivity contribution in [2.24, 2.45) is 5.10 Å². The fraction of sp³-hybridized carbons (Fsp3) is 0.0500. The molecule has 3 aromatic rings. The van der Waals surface area contributed by atoms with Gasteiger partial charge in [-0.25, -0.2) is 10.2 Å². The molecule has 3 rings (SSSR count). The second-order valence-corrected chi connectivity index (χ2v) is 6.55. The fourth-order valence-electron chi connectivity index (χ4n) is 2.26. The molecule has 142 valence electrons. The van der Waals surface area contributed by atoms with Crippen LogP contribution in [0.25, 0.3) is 0 Å². The topological polar surface area (TPSA) is 103 Å². The number of ether oxygens (including phenoxy) is 2. The summed E-state index contributed by atoms with van der Waals surface area (Å²) in [5, 5.41) is 5.73. The van der Waals surface area contributed by atoms with Gasteiger partial charge in [0, 0.05) is 11.3 Å². The van der Waals surface area contributed by atoms with Crippen LogP contribution in [0.5, 0.6) is 11.5 Å². The molecule has 8 heteroatoms. The number of nitrogens with two attached hydrogens (primary N) is 1. The van der Waals surface area contributed by atoms with Crippen LogP contribution in [0.4, 0.5) is 5.69 Å². The lowest BCUT2D eigenvalue weighted by atomic mass is 10.2. The first-order valence-corrected chi connectivity index (χ1v) is 9.07. The molecule has 0 radical (unpaired) electrons. The van der Waals surface area contributed by atoms with E-state index in [4.69, 9.17) is 15.2 Å². The molecule has 1 amide bonds. The quantitative estimate of drug-likeness (QED) is 0.219. The van der Waals surface area contributed by atoms with Gasteiger partial charge >= 0.3 is 5.97 Å². The Labute approximate surface area is 165 Å². The highest BCUT2D eigenvalue weighted by molar-refractivity contribution is 7.12. The molecule has 0 aliphatic rings. The molecule has 0 unspecified atom stereocenters. The predicted molar refractivity (Wildman–Crippen MR) is 108 cm³/mol. The van der Waals surface area contributed by atoms with E-state index in [1.807, 2.05) is 0 Å². The van der Waals surface area contributed by atoms with Gasteiger partial charge in [-0.1, -0.05) is 6.07 Å². The number of hydrogen-bond donors (Lipinski definition) is 2. The van der Waals surface area contributed by atoms with Crippen LogP contribution in [0.2, 0.25) is 0 Å². The molecule has 0 fully saturated rings. The third kappa shape index (κ3) is 4.74. The van der Waals surface area contributed by atoms with E-state index in [0.29, 0.717) is 33.2 Å². The molecule has 0 aliphatic carbocycles. The fourth-order valence-corrected chi connectivity index (χ4v) is 2.86. The molecule has 3 N–H and O–H groups in total. The molecule has 1 heterocycles. The number of carbonyl (C=O) groups excluding carboxylic acids is 2. The lowest BCUT2D eigenvalue weighted by Crippen LogP contribution is -2.17. The van der Waals surface area contributed by atoms with E-state index in [1.54, 1.807) is 60.0 Å². The van der Waals surface area contributed by atoms with Gasteiger partial charge in [0.15, 0.2) is 11.5 Å². The van der Waals surface area contributed by atoms with Crippen molar-refractivity contribution in [2.75, 3.05) is 12.8 Å². The third-order valence-corrected chi connectivity index (χ3v) is 4.52. The van der Waals surface area contributed by atoms with Crippen LogP contribution in [0, 0.1) is 0 Å². The molecule has 7 nitrogen and oxygen atoms in total. The van der Waals surface area contributed by atoms with Crippen LogP contribution in [0.3, 0.4) is 0 Å². The number of thiophene rings is 1. The maximum atomic E-state index is 12.1. The standard InChI is InChI=1S/C20H17N3O4S/c1-26-17-11-13(4-9-16(17)27-20(25)18-3-2-10-28-18)12-22-23-19(24)14-5-7-15(21)8-6-14/h2-12H,21H2,1H3,(H,23,24)/b22-12+. The van der Waals surface area contributed by atoms with Gasteiger partial charge < -0.3 is 15.2 Å². The van der Waals surface area contributed by atoms with Crippen LogP contribution in [0.15, 0.2) is 65.1 Å². The Bertz CT molecular complexity index is 999. The largest absolute Gasteiger partial charge is 0.493 e. The average molecular weight is 395 g/mol. The monoisotopic (exact) mass is 395 g/mol. The second-order valence-electron chi connectivity index (χ2n) is 5.60. The number of amides is 1. The van der Waals surface area contributed by atoms with E-state index in [9.17, 15) is 9.59 Å². The summed E-state index contributed by atoms with van der Waals surface area (Å²) in [5.74, 6) is -0.141. The first kappa shape index (κ1) is 19.1. The molecule has 0 bridgehead atoms. The van der Waals surface area contributed by atoms with Crippen molar-refractivity contribution in [3.05, 3.63) is 76.0 Å². The molecular weight excluding hydrogens is 378 g/mol.